The molecule has 1 aromatic carbocycles. The van der Waals surface area contributed by atoms with E-state index in [1.165, 1.54) is 10.4 Å². The minimum atomic E-state index is -0.438. The zero-order valence-corrected chi connectivity index (χ0v) is 11.5. The molecular formula is C14H15ClOS. The molecule has 3 heteroatoms. The highest BCUT2D eigenvalue weighted by Gasteiger charge is 2.14. The molecule has 1 unspecified atom stereocenters. The molecule has 0 fully saturated rings. The molecule has 0 aliphatic rings. The van der Waals surface area contributed by atoms with E-state index < -0.39 is 6.10 Å². The quantitative estimate of drug-likeness (QED) is 0.878. The van der Waals surface area contributed by atoms with Crippen molar-refractivity contribution >= 4 is 22.9 Å². The van der Waals surface area contributed by atoms with Gasteiger partial charge in [-0.05, 0) is 43.2 Å². The van der Waals surface area contributed by atoms with Gasteiger partial charge in [-0.15, -0.1) is 11.3 Å². The molecule has 17 heavy (non-hydrogen) atoms. The van der Waals surface area contributed by atoms with Crippen molar-refractivity contribution in [2.75, 3.05) is 0 Å². The molecule has 0 saturated heterocycles. The summed E-state index contributed by atoms with van der Waals surface area (Å²) >= 11 is 7.59. The van der Waals surface area contributed by atoms with Crippen LogP contribution in [0.4, 0.5) is 0 Å². The van der Waals surface area contributed by atoms with E-state index in [2.05, 4.69) is 13.0 Å². The van der Waals surface area contributed by atoms with Crippen molar-refractivity contribution < 1.29 is 5.11 Å². The number of halogens is 1. The predicted molar refractivity (Wildman–Crippen MR) is 73.9 cm³/mol. The largest absolute Gasteiger partial charge is 0.387 e. The lowest BCUT2D eigenvalue weighted by Crippen LogP contribution is -2.00. The van der Waals surface area contributed by atoms with Crippen molar-refractivity contribution in [1.29, 1.82) is 0 Å². The molecule has 1 N–H and O–H groups in total. The van der Waals surface area contributed by atoms with Crippen LogP contribution in [0.2, 0.25) is 5.02 Å². The molecule has 1 nitrogen and oxygen atoms in total. The van der Waals surface area contributed by atoms with Crippen molar-refractivity contribution in [2.45, 2.75) is 26.4 Å². The van der Waals surface area contributed by atoms with E-state index in [4.69, 9.17) is 11.6 Å². The summed E-state index contributed by atoms with van der Waals surface area (Å²) in [4.78, 5) is 2.30. The van der Waals surface area contributed by atoms with Crippen molar-refractivity contribution in [2.24, 2.45) is 0 Å². The third kappa shape index (κ3) is 3.09. The first kappa shape index (κ1) is 12.6. The number of benzene rings is 1. The number of thiophene rings is 1. The summed E-state index contributed by atoms with van der Waals surface area (Å²) in [5.74, 6) is 0. The zero-order chi connectivity index (χ0) is 12.4. The second-order valence-corrected chi connectivity index (χ2v) is 5.98. The average Bonchev–Trinajstić information content (AvgIpc) is 2.58. The van der Waals surface area contributed by atoms with Gasteiger partial charge in [-0.3, -0.25) is 0 Å². The predicted octanol–water partition coefficient (Wildman–Crippen LogP) is 4.29. The Labute approximate surface area is 111 Å². The van der Waals surface area contributed by atoms with E-state index >= 15 is 0 Å². The lowest BCUT2D eigenvalue weighted by molar-refractivity contribution is 0.181. The fourth-order valence-electron chi connectivity index (χ4n) is 1.97. The molecule has 2 rings (SSSR count). The maximum atomic E-state index is 10.2. The van der Waals surface area contributed by atoms with Crippen LogP contribution in [0.1, 0.15) is 27.0 Å². The molecule has 0 radical (unpaired) electrons. The monoisotopic (exact) mass is 266 g/mol. The van der Waals surface area contributed by atoms with Crippen LogP contribution < -0.4 is 0 Å². The van der Waals surface area contributed by atoms with Crippen LogP contribution in [-0.2, 0) is 6.42 Å². The molecule has 2 aromatic rings. The van der Waals surface area contributed by atoms with Crippen molar-refractivity contribution in [1.82, 2.24) is 0 Å². The minimum Gasteiger partial charge on any atom is -0.387 e. The molecule has 0 saturated carbocycles. The standard InChI is InChI=1S/C14H15ClOS/c1-9-6-10(2)17-14(9)13(16)8-11-4-3-5-12(15)7-11/h3-7,13,16H,8H2,1-2H3. The Morgan fingerprint density at radius 2 is 2.06 bits per heavy atom. The molecule has 1 aromatic heterocycles. The topological polar surface area (TPSA) is 20.2 Å². The Balaban J connectivity index is 2.16. The van der Waals surface area contributed by atoms with Gasteiger partial charge in [-0.1, -0.05) is 23.7 Å². The Bertz CT molecular complexity index is 519. The highest BCUT2D eigenvalue weighted by molar-refractivity contribution is 7.12. The van der Waals surface area contributed by atoms with Crippen LogP contribution >= 0.6 is 22.9 Å². The maximum Gasteiger partial charge on any atom is 0.0924 e. The fraction of sp³-hybridized carbons (Fsp3) is 0.286. The summed E-state index contributed by atoms with van der Waals surface area (Å²) in [6.45, 7) is 4.10. The van der Waals surface area contributed by atoms with Gasteiger partial charge in [0.25, 0.3) is 0 Å². The van der Waals surface area contributed by atoms with Gasteiger partial charge in [0.15, 0.2) is 0 Å². The Kier molecular flexibility index (Phi) is 3.87. The van der Waals surface area contributed by atoms with Gasteiger partial charge in [0.2, 0.25) is 0 Å². The second kappa shape index (κ2) is 5.21. The van der Waals surface area contributed by atoms with E-state index in [9.17, 15) is 5.11 Å². The van der Waals surface area contributed by atoms with Gasteiger partial charge in [0, 0.05) is 21.2 Å². The molecule has 0 amide bonds. The van der Waals surface area contributed by atoms with Gasteiger partial charge in [0.1, 0.15) is 0 Å². The van der Waals surface area contributed by atoms with Gasteiger partial charge >= 0.3 is 0 Å². The summed E-state index contributed by atoms with van der Waals surface area (Å²) in [5, 5.41) is 10.9. The number of aryl methyl sites for hydroxylation is 2. The third-order valence-corrected chi connectivity index (χ3v) is 4.19. The number of aliphatic hydroxyl groups excluding tert-OH is 1. The van der Waals surface area contributed by atoms with Gasteiger partial charge < -0.3 is 5.11 Å². The van der Waals surface area contributed by atoms with Crippen LogP contribution in [0.15, 0.2) is 30.3 Å². The van der Waals surface area contributed by atoms with Crippen LogP contribution in [0, 0.1) is 13.8 Å². The molecule has 0 aliphatic heterocycles. The highest BCUT2D eigenvalue weighted by Crippen LogP contribution is 2.29. The Morgan fingerprint density at radius 3 is 2.65 bits per heavy atom. The number of rotatable bonds is 3. The van der Waals surface area contributed by atoms with Gasteiger partial charge in [-0.25, -0.2) is 0 Å². The summed E-state index contributed by atoms with van der Waals surface area (Å²) in [7, 11) is 0. The van der Waals surface area contributed by atoms with E-state index in [0.717, 1.165) is 10.4 Å². The maximum absolute atomic E-state index is 10.2. The lowest BCUT2D eigenvalue weighted by atomic mass is 10.1. The van der Waals surface area contributed by atoms with Crippen LogP contribution in [-0.4, -0.2) is 5.11 Å². The smallest absolute Gasteiger partial charge is 0.0924 e. The summed E-state index contributed by atoms with van der Waals surface area (Å²) in [6, 6.07) is 9.77. The van der Waals surface area contributed by atoms with E-state index in [1.807, 2.05) is 31.2 Å². The first-order chi connectivity index (χ1) is 8.06. The Morgan fingerprint density at radius 1 is 1.29 bits per heavy atom. The van der Waals surface area contributed by atoms with Crippen LogP contribution in [0.25, 0.3) is 0 Å². The molecule has 1 heterocycles. The molecule has 0 bridgehead atoms. The van der Waals surface area contributed by atoms with Crippen molar-refractivity contribution in [3.63, 3.8) is 0 Å². The summed E-state index contributed by atoms with van der Waals surface area (Å²) < 4.78 is 0. The molecule has 90 valence electrons. The SMILES string of the molecule is Cc1cc(C)c(C(O)Cc2cccc(Cl)c2)s1. The number of hydrogen-bond acceptors (Lipinski definition) is 2. The minimum absolute atomic E-state index is 0.438. The summed E-state index contributed by atoms with van der Waals surface area (Å²) in [5.41, 5.74) is 2.23. The number of aliphatic hydroxyl groups is 1. The van der Waals surface area contributed by atoms with Crippen LogP contribution in [0.3, 0.4) is 0 Å². The molecule has 1 atom stereocenters. The van der Waals surface area contributed by atoms with Crippen molar-refractivity contribution in [3.8, 4) is 0 Å². The average molecular weight is 267 g/mol. The first-order valence-electron chi connectivity index (χ1n) is 5.55. The Hall–Kier alpha value is -0.830. The van der Waals surface area contributed by atoms with E-state index in [0.29, 0.717) is 11.4 Å². The molecule has 0 spiro atoms. The zero-order valence-electron chi connectivity index (χ0n) is 9.90. The molecule has 0 aliphatic carbocycles. The third-order valence-electron chi connectivity index (χ3n) is 2.70. The van der Waals surface area contributed by atoms with Gasteiger partial charge in [0.05, 0.1) is 6.10 Å². The van der Waals surface area contributed by atoms with Gasteiger partial charge in [-0.2, -0.15) is 0 Å². The fourth-order valence-corrected chi connectivity index (χ4v) is 3.20. The lowest BCUT2D eigenvalue weighted by Gasteiger charge is -2.10. The second-order valence-electron chi connectivity index (χ2n) is 4.25. The normalized spacial score (nSPS) is 12.7. The van der Waals surface area contributed by atoms with Crippen LogP contribution in [0.5, 0.6) is 0 Å². The van der Waals surface area contributed by atoms with E-state index in [-0.39, 0.29) is 0 Å². The summed E-state index contributed by atoms with van der Waals surface area (Å²) in [6.07, 6.45) is 0.175. The molecular weight excluding hydrogens is 252 g/mol. The van der Waals surface area contributed by atoms with Crippen molar-refractivity contribution in [3.05, 3.63) is 56.2 Å². The number of hydrogen-bond donors (Lipinski definition) is 1. The first-order valence-corrected chi connectivity index (χ1v) is 6.75. The highest BCUT2D eigenvalue weighted by atomic mass is 35.5. The van der Waals surface area contributed by atoms with E-state index in [1.54, 1.807) is 11.3 Å².